The van der Waals surface area contributed by atoms with Crippen LogP contribution in [0.4, 0.5) is 10.5 Å². The number of benzene rings is 2. The van der Waals surface area contributed by atoms with Gasteiger partial charge in [0.1, 0.15) is 24.4 Å². The summed E-state index contributed by atoms with van der Waals surface area (Å²) >= 11 is 0. The van der Waals surface area contributed by atoms with Crippen LogP contribution < -0.4 is 16.0 Å². The van der Waals surface area contributed by atoms with Crippen LogP contribution in [0.1, 0.15) is 66.0 Å². The SMILES string of the molecule is CC(NC(=O)OCc1ccccc1)C(=O)NC(C)C(=O)Nc1cc(C[C@H](C)CC(C)C(C)(C)C)ccc1O. The molecular formula is C30H43N3O5. The summed E-state index contributed by atoms with van der Waals surface area (Å²) in [6.45, 7) is 14.3. The molecule has 4 atom stereocenters. The number of rotatable bonds is 11. The van der Waals surface area contributed by atoms with Crippen LogP contribution in [0.25, 0.3) is 0 Å². The molecule has 0 aromatic heterocycles. The Morgan fingerprint density at radius 2 is 1.50 bits per heavy atom. The summed E-state index contributed by atoms with van der Waals surface area (Å²) in [7, 11) is 0. The molecule has 0 aliphatic rings. The van der Waals surface area contributed by atoms with E-state index >= 15 is 0 Å². The molecule has 0 radical (unpaired) electrons. The summed E-state index contributed by atoms with van der Waals surface area (Å²) in [5.41, 5.74) is 2.36. The molecule has 8 heteroatoms. The van der Waals surface area contributed by atoms with Crippen molar-refractivity contribution < 1.29 is 24.2 Å². The molecule has 2 rings (SSSR count). The predicted molar refractivity (Wildman–Crippen MR) is 150 cm³/mol. The largest absolute Gasteiger partial charge is 0.506 e. The Bertz CT molecular complexity index is 1080. The first-order valence-electron chi connectivity index (χ1n) is 13.2. The lowest BCUT2D eigenvalue weighted by atomic mass is 9.76. The van der Waals surface area contributed by atoms with Crippen molar-refractivity contribution in [3.8, 4) is 5.75 Å². The molecule has 2 aromatic carbocycles. The molecule has 3 unspecified atom stereocenters. The Hall–Kier alpha value is -3.55. The van der Waals surface area contributed by atoms with Crippen LogP contribution in [0, 0.1) is 17.3 Å². The van der Waals surface area contributed by atoms with E-state index in [0.29, 0.717) is 17.5 Å². The van der Waals surface area contributed by atoms with E-state index in [1.165, 1.54) is 13.8 Å². The number of anilines is 1. The number of phenolic OH excluding ortho intramolecular Hbond substituents is 1. The average molecular weight is 526 g/mol. The van der Waals surface area contributed by atoms with E-state index in [2.05, 4.69) is 50.6 Å². The molecule has 38 heavy (non-hydrogen) atoms. The highest BCUT2D eigenvalue weighted by molar-refractivity contribution is 5.98. The first-order valence-corrected chi connectivity index (χ1v) is 13.2. The van der Waals surface area contributed by atoms with Crippen LogP contribution in [-0.2, 0) is 27.4 Å². The Kier molecular flexibility index (Phi) is 11.2. The monoisotopic (exact) mass is 525 g/mol. The third kappa shape index (κ3) is 10.1. The van der Waals surface area contributed by atoms with Crippen molar-refractivity contribution in [3.63, 3.8) is 0 Å². The number of carbonyl (C=O) groups excluding carboxylic acids is 3. The fourth-order valence-corrected chi connectivity index (χ4v) is 3.91. The van der Waals surface area contributed by atoms with E-state index in [1.54, 1.807) is 12.1 Å². The zero-order chi connectivity index (χ0) is 28.5. The number of hydrogen-bond acceptors (Lipinski definition) is 5. The highest BCUT2D eigenvalue weighted by atomic mass is 16.5. The normalized spacial score (nSPS) is 14.5. The molecule has 0 saturated heterocycles. The summed E-state index contributed by atoms with van der Waals surface area (Å²) in [6, 6.07) is 12.6. The maximum Gasteiger partial charge on any atom is 0.408 e. The molecule has 4 N–H and O–H groups in total. The second-order valence-corrected chi connectivity index (χ2v) is 11.3. The van der Waals surface area contributed by atoms with Gasteiger partial charge in [-0.15, -0.1) is 0 Å². The molecule has 0 saturated carbocycles. The number of aromatic hydroxyl groups is 1. The number of alkyl carbamates (subject to hydrolysis) is 1. The number of phenols is 1. The minimum Gasteiger partial charge on any atom is -0.506 e. The van der Waals surface area contributed by atoms with Crippen molar-refractivity contribution in [3.05, 3.63) is 59.7 Å². The fraction of sp³-hybridized carbons (Fsp3) is 0.500. The highest BCUT2D eigenvalue weighted by Gasteiger charge is 2.24. The lowest BCUT2D eigenvalue weighted by Gasteiger charge is -2.29. The van der Waals surface area contributed by atoms with Crippen LogP contribution in [0.3, 0.4) is 0 Å². The van der Waals surface area contributed by atoms with E-state index in [4.69, 9.17) is 4.74 Å². The van der Waals surface area contributed by atoms with Gasteiger partial charge in [0.25, 0.3) is 0 Å². The number of hydrogen-bond donors (Lipinski definition) is 4. The Morgan fingerprint density at radius 1 is 0.868 bits per heavy atom. The molecule has 3 amide bonds. The predicted octanol–water partition coefficient (Wildman–Crippen LogP) is 5.40. The van der Waals surface area contributed by atoms with Gasteiger partial charge >= 0.3 is 6.09 Å². The molecule has 0 fully saturated rings. The van der Waals surface area contributed by atoms with Crippen LogP contribution in [0.2, 0.25) is 0 Å². The standard InChI is InChI=1S/C30H43N3O5/c1-19(15-20(2)30(5,6)7)16-24-13-14-26(34)25(17-24)33-28(36)21(3)31-27(35)22(4)32-29(37)38-18-23-11-9-8-10-12-23/h8-14,17,19-22,34H,15-16,18H2,1-7H3,(H,31,35)(H,32,37)(H,33,36)/t19-,20?,21?,22?/m1/s1. The minimum atomic E-state index is -0.915. The summed E-state index contributed by atoms with van der Waals surface area (Å²) in [6.07, 6.45) is 1.15. The molecule has 0 heterocycles. The number of amides is 3. The highest BCUT2D eigenvalue weighted by Crippen LogP contribution is 2.32. The summed E-state index contributed by atoms with van der Waals surface area (Å²) in [5.74, 6) is -0.0829. The average Bonchev–Trinajstić information content (AvgIpc) is 2.84. The first kappa shape index (κ1) is 30.7. The van der Waals surface area contributed by atoms with Gasteiger partial charge in [0.2, 0.25) is 11.8 Å². The van der Waals surface area contributed by atoms with Gasteiger partial charge in [-0.3, -0.25) is 9.59 Å². The fourth-order valence-electron chi connectivity index (χ4n) is 3.91. The van der Waals surface area contributed by atoms with E-state index in [-0.39, 0.29) is 17.8 Å². The summed E-state index contributed by atoms with van der Waals surface area (Å²) in [4.78, 5) is 37.3. The van der Waals surface area contributed by atoms with Gasteiger partial charge in [0.05, 0.1) is 5.69 Å². The lowest BCUT2D eigenvalue weighted by Crippen LogP contribution is -2.50. The lowest BCUT2D eigenvalue weighted by molar-refractivity contribution is -0.127. The van der Waals surface area contributed by atoms with Crippen LogP contribution >= 0.6 is 0 Å². The third-order valence-corrected chi connectivity index (χ3v) is 6.83. The Balaban J connectivity index is 1.87. The van der Waals surface area contributed by atoms with E-state index in [9.17, 15) is 19.5 Å². The van der Waals surface area contributed by atoms with Gasteiger partial charge in [0, 0.05) is 0 Å². The van der Waals surface area contributed by atoms with E-state index in [0.717, 1.165) is 24.0 Å². The van der Waals surface area contributed by atoms with E-state index in [1.807, 2.05) is 36.4 Å². The van der Waals surface area contributed by atoms with Gasteiger partial charge in [-0.1, -0.05) is 71.0 Å². The molecule has 208 valence electrons. The Labute approximate surface area is 226 Å². The molecule has 0 aliphatic carbocycles. The molecule has 0 aliphatic heterocycles. The van der Waals surface area contributed by atoms with Gasteiger partial charge in [-0.25, -0.2) is 4.79 Å². The Morgan fingerprint density at radius 3 is 2.13 bits per heavy atom. The van der Waals surface area contributed by atoms with Crippen molar-refractivity contribution in [1.29, 1.82) is 0 Å². The van der Waals surface area contributed by atoms with Crippen LogP contribution in [0.5, 0.6) is 5.75 Å². The van der Waals surface area contributed by atoms with E-state index < -0.39 is 30.0 Å². The second-order valence-electron chi connectivity index (χ2n) is 11.3. The van der Waals surface area contributed by atoms with Crippen molar-refractivity contribution in [2.75, 3.05) is 5.32 Å². The van der Waals surface area contributed by atoms with Crippen molar-refractivity contribution in [2.45, 2.75) is 80.0 Å². The van der Waals surface area contributed by atoms with Gasteiger partial charge < -0.3 is 25.8 Å². The minimum absolute atomic E-state index is 0.0486. The topological polar surface area (TPSA) is 117 Å². The van der Waals surface area contributed by atoms with Gasteiger partial charge in [-0.05, 0) is 67.2 Å². The second kappa shape index (κ2) is 13.8. The quantitative estimate of drug-likeness (QED) is 0.293. The zero-order valence-corrected chi connectivity index (χ0v) is 23.6. The third-order valence-electron chi connectivity index (χ3n) is 6.83. The summed E-state index contributed by atoms with van der Waals surface area (Å²) in [5, 5.41) is 18.0. The molecule has 0 spiro atoms. The smallest absolute Gasteiger partial charge is 0.408 e. The van der Waals surface area contributed by atoms with Crippen LogP contribution in [-0.4, -0.2) is 35.1 Å². The summed E-state index contributed by atoms with van der Waals surface area (Å²) < 4.78 is 5.13. The molecule has 8 nitrogen and oxygen atoms in total. The molecular weight excluding hydrogens is 482 g/mol. The first-order chi connectivity index (χ1) is 17.8. The number of ether oxygens (including phenoxy) is 1. The van der Waals surface area contributed by atoms with Crippen LogP contribution in [0.15, 0.2) is 48.5 Å². The molecule has 0 bridgehead atoms. The van der Waals surface area contributed by atoms with Gasteiger partial charge in [0.15, 0.2) is 0 Å². The maximum atomic E-state index is 12.7. The van der Waals surface area contributed by atoms with Gasteiger partial charge in [-0.2, -0.15) is 0 Å². The van der Waals surface area contributed by atoms with Crippen molar-refractivity contribution in [1.82, 2.24) is 10.6 Å². The molecule has 2 aromatic rings. The zero-order valence-electron chi connectivity index (χ0n) is 23.6. The van der Waals surface area contributed by atoms with Crippen molar-refractivity contribution in [2.24, 2.45) is 17.3 Å². The van der Waals surface area contributed by atoms with Crippen molar-refractivity contribution >= 4 is 23.6 Å². The number of nitrogens with one attached hydrogen (secondary N) is 3. The number of carbonyl (C=O) groups is 3. The maximum absolute atomic E-state index is 12.7.